The molecule has 27 heavy (non-hydrogen) atoms. The van der Waals surface area contributed by atoms with E-state index in [0.717, 1.165) is 5.56 Å². The number of hydrogen-bond donors (Lipinski definition) is 0. The van der Waals surface area contributed by atoms with Crippen LogP contribution in [0.2, 0.25) is 0 Å². The number of rotatable bonds is 4. The van der Waals surface area contributed by atoms with Crippen molar-refractivity contribution in [2.45, 2.75) is 6.92 Å². The topological polar surface area (TPSA) is 59.1 Å². The molecule has 2 aromatic rings. The second-order valence-electron chi connectivity index (χ2n) is 6.42. The second-order valence-corrected chi connectivity index (χ2v) is 6.42. The maximum atomic E-state index is 13.0. The van der Waals surface area contributed by atoms with Gasteiger partial charge in [-0.2, -0.15) is 0 Å². The summed E-state index contributed by atoms with van der Waals surface area (Å²) >= 11 is 0. The van der Waals surface area contributed by atoms with Crippen molar-refractivity contribution in [2.24, 2.45) is 0 Å². The fourth-order valence-corrected chi connectivity index (χ4v) is 3.37. The highest BCUT2D eigenvalue weighted by Crippen LogP contribution is 2.32. The molecule has 0 atom stereocenters. The smallest absolute Gasteiger partial charge is 0.257 e. The van der Waals surface area contributed by atoms with Gasteiger partial charge in [0.25, 0.3) is 11.8 Å². The molecule has 1 aliphatic heterocycles. The first kappa shape index (κ1) is 18.8. The molecule has 0 saturated carbocycles. The molecule has 142 valence electrons. The highest BCUT2D eigenvalue weighted by atomic mass is 16.5. The molecule has 6 heteroatoms. The number of amides is 2. The predicted molar refractivity (Wildman–Crippen MR) is 103 cm³/mol. The van der Waals surface area contributed by atoms with Crippen molar-refractivity contribution in [1.29, 1.82) is 0 Å². The summed E-state index contributed by atoms with van der Waals surface area (Å²) in [6.45, 7) is 3.87. The van der Waals surface area contributed by atoms with Gasteiger partial charge in [0.05, 0.1) is 19.8 Å². The maximum absolute atomic E-state index is 13.0. The van der Waals surface area contributed by atoms with Crippen molar-refractivity contribution >= 4 is 11.8 Å². The molecule has 1 heterocycles. The third-order valence-corrected chi connectivity index (χ3v) is 4.89. The number of piperazine rings is 1. The van der Waals surface area contributed by atoms with Crippen molar-refractivity contribution in [1.82, 2.24) is 9.80 Å². The number of nitrogens with zero attached hydrogens (tertiary/aromatic N) is 2. The lowest BCUT2D eigenvalue weighted by atomic mass is 10.1. The first-order valence-electron chi connectivity index (χ1n) is 8.92. The fourth-order valence-electron chi connectivity index (χ4n) is 3.37. The van der Waals surface area contributed by atoms with E-state index >= 15 is 0 Å². The van der Waals surface area contributed by atoms with Crippen molar-refractivity contribution in [3.8, 4) is 11.5 Å². The number of ether oxygens (including phenoxy) is 2. The lowest BCUT2D eigenvalue weighted by molar-refractivity contribution is 0.0533. The highest BCUT2D eigenvalue weighted by Gasteiger charge is 2.27. The summed E-state index contributed by atoms with van der Waals surface area (Å²) in [6.07, 6.45) is 0. The molecule has 2 amide bonds. The zero-order valence-electron chi connectivity index (χ0n) is 15.9. The Hall–Kier alpha value is -3.02. The molecule has 2 aromatic carbocycles. The number of hydrogen-bond acceptors (Lipinski definition) is 4. The quantitative estimate of drug-likeness (QED) is 0.832. The molecule has 0 bridgehead atoms. The summed E-state index contributed by atoms with van der Waals surface area (Å²) in [5.41, 5.74) is 1.98. The Balaban J connectivity index is 1.70. The fraction of sp³-hybridized carbons (Fsp3) is 0.333. The van der Waals surface area contributed by atoms with Gasteiger partial charge in [-0.1, -0.05) is 18.2 Å². The Morgan fingerprint density at radius 1 is 0.815 bits per heavy atom. The van der Waals surface area contributed by atoms with Crippen LogP contribution in [0.3, 0.4) is 0 Å². The summed E-state index contributed by atoms with van der Waals surface area (Å²) in [5.74, 6) is 1.12. The zero-order valence-corrected chi connectivity index (χ0v) is 15.9. The van der Waals surface area contributed by atoms with Gasteiger partial charge in [0.1, 0.15) is 11.5 Å². The predicted octanol–water partition coefficient (Wildman–Crippen LogP) is 2.61. The van der Waals surface area contributed by atoms with Crippen LogP contribution in [-0.2, 0) is 0 Å². The van der Waals surface area contributed by atoms with Crippen molar-refractivity contribution in [3.05, 3.63) is 59.2 Å². The van der Waals surface area contributed by atoms with Gasteiger partial charge in [0.2, 0.25) is 0 Å². The van der Waals surface area contributed by atoms with Gasteiger partial charge in [0.15, 0.2) is 0 Å². The first-order valence-corrected chi connectivity index (χ1v) is 8.92. The average Bonchev–Trinajstić information content (AvgIpc) is 2.73. The van der Waals surface area contributed by atoms with Gasteiger partial charge < -0.3 is 19.3 Å². The summed E-state index contributed by atoms with van der Waals surface area (Å²) in [6, 6.07) is 12.7. The Bertz CT molecular complexity index is 828. The molecule has 6 nitrogen and oxygen atoms in total. The van der Waals surface area contributed by atoms with Crippen LogP contribution in [0.4, 0.5) is 0 Å². The summed E-state index contributed by atoms with van der Waals surface area (Å²) in [5, 5.41) is 0. The van der Waals surface area contributed by atoms with Gasteiger partial charge in [0, 0.05) is 37.3 Å². The van der Waals surface area contributed by atoms with Gasteiger partial charge in [-0.25, -0.2) is 0 Å². The average molecular weight is 368 g/mol. The van der Waals surface area contributed by atoms with Gasteiger partial charge in [-0.15, -0.1) is 0 Å². The minimum atomic E-state index is -0.0931. The number of benzene rings is 2. The summed E-state index contributed by atoms with van der Waals surface area (Å²) in [4.78, 5) is 29.1. The van der Waals surface area contributed by atoms with E-state index in [1.165, 1.54) is 0 Å². The van der Waals surface area contributed by atoms with Crippen LogP contribution in [0.5, 0.6) is 11.5 Å². The molecular formula is C21H24N2O4. The highest BCUT2D eigenvalue weighted by molar-refractivity contribution is 5.98. The third kappa shape index (κ3) is 3.74. The minimum absolute atomic E-state index is 0.000529. The second kappa shape index (κ2) is 8.12. The number of carbonyl (C=O) groups is 2. The SMILES string of the molecule is COc1ccc(C(=O)N2CCN(C(=O)c3ccccc3)CC2)c(OC)c1C. The largest absolute Gasteiger partial charge is 0.496 e. The van der Waals surface area contributed by atoms with Gasteiger partial charge >= 0.3 is 0 Å². The monoisotopic (exact) mass is 368 g/mol. The van der Waals surface area contributed by atoms with Crippen LogP contribution in [0.25, 0.3) is 0 Å². The van der Waals surface area contributed by atoms with E-state index in [1.54, 1.807) is 36.2 Å². The molecule has 1 saturated heterocycles. The van der Waals surface area contributed by atoms with E-state index in [2.05, 4.69) is 0 Å². The van der Waals surface area contributed by atoms with E-state index in [0.29, 0.717) is 48.8 Å². The summed E-state index contributed by atoms with van der Waals surface area (Å²) < 4.78 is 10.8. The Kier molecular flexibility index (Phi) is 5.64. The minimum Gasteiger partial charge on any atom is -0.496 e. The molecule has 3 rings (SSSR count). The van der Waals surface area contributed by atoms with E-state index in [1.807, 2.05) is 37.3 Å². The number of methoxy groups -OCH3 is 2. The van der Waals surface area contributed by atoms with Crippen LogP contribution >= 0.6 is 0 Å². The normalized spacial score (nSPS) is 14.0. The molecule has 0 radical (unpaired) electrons. The van der Waals surface area contributed by atoms with Crippen LogP contribution in [-0.4, -0.2) is 62.0 Å². The van der Waals surface area contributed by atoms with Crippen molar-refractivity contribution in [2.75, 3.05) is 40.4 Å². The molecule has 1 fully saturated rings. The van der Waals surface area contributed by atoms with E-state index < -0.39 is 0 Å². The molecule has 0 aliphatic carbocycles. The summed E-state index contributed by atoms with van der Waals surface area (Å²) in [7, 11) is 3.14. The van der Waals surface area contributed by atoms with Crippen LogP contribution < -0.4 is 9.47 Å². The first-order chi connectivity index (χ1) is 13.1. The molecule has 0 spiro atoms. The molecule has 0 unspecified atom stereocenters. The van der Waals surface area contributed by atoms with Crippen molar-refractivity contribution in [3.63, 3.8) is 0 Å². The van der Waals surface area contributed by atoms with Crippen LogP contribution in [0, 0.1) is 6.92 Å². The Morgan fingerprint density at radius 2 is 1.41 bits per heavy atom. The van der Waals surface area contributed by atoms with Crippen LogP contribution in [0.1, 0.15) is 26.3 Å². The van der Waals surface area contributed by atoms with E-state index in [4.69, 9.17) is 9.47 Å². The standard InChI is InChI=1S/C21H24N2O4/c1-15-18(26-2)10-9-17(19(15)27-3)21(25)23-13-11-22(12-14-23)20(24)16-7-5-4-6-8-16/h4-10H,11-14H2,1-3H3. The Labute approximate surface area is 159 Å². The lowest BCUT2D eigenvalue weighted by Crippen LogP contribution is -2.50. The Morgan fingerprint density at radius 3 is 1.96 bits per heavy atom. The van der Waals surface area contributed by atoms with Gasteiger partial charge in [-0.05, 0) is 31.2 Å². The lowest BCUT2D eigenvalue weighted by Gasteiger charge is -2.35. The van der Waals surface area contributed by atoms with Crippen LogP contribution in [0.15, 0.2) is 42.5 Å². The zero-order chi connectivity index (χ0) is 19.4. The molecule has 0 N–H and O–H groups in total. The number of carbonyl (C=O) groups excluding carboxylic acids is 2. The maximum Gasteiger partial charge on any atom is 0.257 e. The van der Waals surface area contributed by atoms with Crippen molar-refractivity contribution < 1.29 is 19.1 Å². The molecule has 1 aliphatic rings. The third-order valence-electron chi connectivity index (χ3n) is 4.89. The molecule has 0 aromatic heterocycles. The van der Waals surface area contributed by atoms with E-state index in [9.17, 15) is 9.59 Å². The van der Waals surface area contributed by atoms with E-state index in [-0.39, 0.29) is 11.8 Å². The van der Waals surface area contributed by atoms with Gasteiger partial charge in [-0.3, -0.25) is 9.59 Å². The molecular weight excluding hydrogens is 344 g/mol.